The van der Waals surface area contributed by atoms with Crippen LogP contribution in [0.4, 0.5) is 0 Å². The predicted octanol–water partition coefficient (Wildman–Crippen LogP) is -0.987. The number of allylic oxidation sites excluding steroid dienone is 1. The number of carbonyl (C=O) groups is 2. The third kappa shape index (κ3) is 7.50. The summed E-state index contributed by atoms with van der Waals surface area (Å²) in [5.74, 6) is 0.995. The van der Waals surface area contributed by atoms with Crippen LogP contribution in [0.1, 0.15) is 97.8 Å². The number of aliphatic imine (C=N–C) groups is 1. The van der Waals surface area contributed by atoms with Gasteiger partial charge in [0.1, 0.15) is 42.1 Å². The monoisotopic (exact) mass is 837 g/mol. The maximum atomic E-state index is 14.6. The van der Waals surface area contributed by atoms with Gasteiger partial charge in [-0.15, -0.1) is 0 Å². The molecule has 2 aliphatic carbocycles. The van der Waals surface area contributed by atoms with Crippen LogP contribution in [0.5, 0.6) is 0 Å². The summed E-state index contributed by atoms with van der Waals surface area (Å²) in [6, 6.07) is 0.786. The van der Waals surface area contributed by atoms with Crippen molar-refractivity contribution in [3.8, 4) is 0 Å². The third-order valence-electron chi connectivity index (χ3n) is 17.4. The number of esters is 1. The van der Waals surface area contributed by atoms with Gasteiger partial charge in [-0.1, -0.05) is 6.42 Å². The minimum absolute atomic E-state index is 0.0111. The van der Waals surface area contributed by atoms with Gasteiger partial charge >= 0.3 is 5.97 Å². The van der Waals surface area contributed by atoms with Crippen LogP contribution in [-0.2, 0) is 28.5 Å². The summed E-state index contributed by atoms with van der Waals surface area (Å²) < 4.78 is 26.4. The molecule has 8 aliphatic heterocycles. The van der Waals surface area contributed by atoms with Crippen LogP contribution in [0.15, 0.2) is 29.0 Å². The zero-order valence-electron chi connectivity index (χ0n) is 36.4. The summed E-state index contributed by atoms with van der Waals surface area (Å²) in [5, 5.41) is 20.6. The lowest BCUT2D eigenvalue weighted by Gasteiger charge is -2.57. The Labute approximate surface area is 355 Å². The highest BCUT2D eigenvalue weighted by Crippen LogP contribution is 2.54. The van der Waals surface area contributed by atoms with E-state index >= 15 is 0 Å². The molecule has 0 aromatic heterocycles. The fraction of sp³-hybridized carbons (Fsp3) is 0.848. The molecule has 60 heavy (non-hydrogen) atoms. The van der Waals surface area contributed by atoms with E-state index in [-0.39, 0.29) is 66.3 Å². The van der Waals surface area contributed by atoms with Crippen molar-refractivity contribution in [1.29, 1.82) is 0 Å². The van der Waals surface area contributed by atoms with Gasteiger partial charge in [0.2, 0.25) is 0 Å². The number of carbonyl (C=O) groups excluding carboxylic acids is 2. The first-order chi connectivity index (χ1) is 28.8. The van der Waals surface area contributed by atoms with Crippen LogP contribution in [0.3, 0.4) is 0 Å². The van der Waals surface area contributed by atoms with E-state index < -0.39 is 29.3 Å². The lowest BCUT2D eigenvalue weighted by atomic mass is 9.61. The molecule has 2 saturated carbocycles. The van der Waals surface area contributed by atoms with Crippen molar-refractivity contribution in [2.75, 3.05) is 26.7 Å². The highest BCUT2D eigenvalue weighted by atomic mass is 16.7. The van der Waals surface area contributed by atoms with Gasteiger partial charge in [0.05, 0.1) is 80.4 Å². The Hall–Kier alpha value is -2.11. The first kappa shape index (κ1) is 41.9. The number of aliphatic hydroxyl groups is 1. The predicted molar refractivity (Wildman–Crippen MR) is 222 cm³/mol. The number of epoxide rings is 1. The second kappa shape index (κ2) is 16.2. The van der Waals surface area contributed by atoms with Crippen LogP contribution in [0.2, 0.25) is 0 Å². The molecule has 1 spiro atoms. The van der Waals surface area contributed by atoms with Crippen LogP contribution in [-0.4, -0.2) is 121 Å². The zero-order valence-corrected chi connectivity index (χ0v) is 36.4. The van der Waals surface area contributed by atoms with E-state index in [0.717, 1.165) is 64.6 Å². The van der Waals surface area contributed by atoms with Crippen molar-refractivity contribution in [3.63, 3.8) is 0 Å². The highest BCUT2D eigenvalue weighted by Gasteiger charge is 2.67. The van der Waals surface area contributed by atoms with Gasteiger partial charge in [-0.2, -0.15) is 0 Å². The van der Waals surface area contributed by atoms with Gasteiger partial charge in [0.25, 0.3) is 0 Å². The number of hydrogen-bond acceptors (Lipinski definition) is 11. The van der Waals surface area contributed by atoms with Gasteiger partial charge in [0.15, 0.2) is 5.60 Å². The average molecular weight is 837 g/mol. The van der Waals surface area contributed by atoms with Gasteiger partial charge < -0.3 is 45.3 Å². The standard InChI is InChI=1S/C46H71N7O7/c1-23-14-33(54)39-34(57-23)18-35-38(41(39)55)31-15-24(19-49-4)10-12-46(44(56)58-42(31)45(2,3)59-35)36(60-46)9-8-25-16-37(47)52-40-28(25)6-5-7-29-30(40)17-27(51-43(29)48)21-53-20-26-11-13-50-32(26)22-53/h11,13,20,23-25,27-31,34-43,49,51-52,55H,5-10,12,14-19,21-22,47-48H2,1-4H3/p+3. The number of ether oxygens (including phenoxy) is 4. The van der Waals surface area contributed by atoms with Crippen molar-refractivity contribution >= 4 is 17.5 Å². The van der Waals surface area contributed by atoms with E-state index in [0.29, 0.717) is 55.0 Å². The zero-order chi connectivity index (χ0) is 41.7. The van der Waals surface area contributed by atoms with E-state index in [2.05, 4.69) is 40.3 Å². The van der Waals surface area contributed by atoms with Crippen molar-refractivity contribution < 1.29 is 49.2 Å². The summed E-state index contributed by atoms with van der Waals surface area (Å²) in [6.45, 7) is 8.84. The molecule has 10 rings (SSSR count). The normalized spacial score (nSPS) is 50.5. The summed E-state index contributed by atoms with van der Waals surface area (Å²) in [6.07, 6.45) is 14.5. The summed E-state index contributed by atoms with van der Waals surface area (Å²) in [5.41, 5.74) is 14.6. The molecule has 0 amide bonds. The van der Waals surface area contributed by atoms with Crippen LogP contribution in [0.25, 0.3) is 0 Å². The number of nitrogens with one attached hydrogen (secondary N) is 2. The number of hydrogen-bond donors (Lipinski definition) is 7. The summed E-state index contributed by atoms with van der Waals surface area (Å²) in [4.78, 5) is 34.1. The Kier molecular flexibility index (Phi) is 11.3. The Morgan fingerprint density at radius 1 is 1.03 bits per heavy atom. The SMILES string of the molecule is C[NH2+]CC1CCC2(OC2CCC2CC(N)[NH2+]C3C2CCCC2C(N)NC(C[NH+]4C=C5C=CN=C5C4)CC23)C(=O)OC2C(C1)C1C(CC3OC(C)CC(=O)C3C1O)OC2(C)C. The molecule has 332 valence electrons. The minimum Gasteiger partial charge on any atom is -0.457 e. The molecule has 8 heterocycles. The summed E-state index contributed by atoms with van der Waals surface area (Å²) in [7, 11) is 2.10. The number of nitrogens with zero attached hydrogens (tertiary/aromatic N) is 1. The maximum absolute atomic E-state index is 14.6. The molecule has 0 radical (unpaired) electrons. The second-order valence-corrected chi connectivity index (χ2v) is 21.6. The van der Waals surface area contributed by atoms with Gasteiger partial charge in [0, 0.05) is 55.1 Å². The van der Waals surface area contributed by atoms with Crippen molar-refractivity contribution in [2.24, 2.45) is 63.8 Å². The van der Waals surface area contributed by atoms with Crippen molar-refractivity contribution in [1.82, 2.24) is 5.32 Å². The first-order valence-corrected chi connectivity index (χ1v) is 23.9. The quantitative estimate of drug-likeness (QED) is 0.123. The number of ketones is 1. The van der Waals surface area contributed by atoms with Crippen LogP contribution in [0, 0.1) is 47.3 Å². The second-order valence-electron chi connectivity index (χ2n) is 21.6. The molecule has 8 fully saturated rings. The molecule has 20 atom stereocenters. The van der Waals surface area contributed by atoms with Crippen LogP contribution < -0.4 is 32.3 Å². The molecule has 14 heteroatoms. The molecule has 14 nitrogen and oxygen atoms in total. The fourth-order valence-corrected chi connectivity index (χ4v) is 14.9. The van der Waals surface area contributed by atoms with Gasteiger partial charge in [-0.25, -0.2) is 4.79 Å². The lowest BCUT2D eigenvalue weighted by Crippen LogP contribution is -3.08. The molecular formula is C46H74N7O7+3. The minimum atomic E-state index is -0.966. The highest BCUT2D eigenvalue weighted by molar-refractivity contribution is 6.06. The molecule has 0 aromatic rings. The number of quaternary nitrogens is 3. The van der Waals surface area contributed by atoms with E-state index in [9.17, 15) is 14.7 Å². The van der Waals surface area contributed by atoms with Crippen molar-refractivity contribution in [2.45, 2.75) is 170 Å². The Morgan fingerprint density at radius 3 is 2.68 bits per heavy atom. The van der Waals surface area contributed by atoms with Gasteiger partial charge in [-0.3, -0.25) is 20.8 Å². The topological polar surface area (TPSA) is 209 Å². The molecule has 6 saturated heterocycles. The van der Waals surface area contributed by atoms with E-state index in [4.69, 9.17) is 30.4 Å². The molecule has 0 bridgehead atoms. The number of fused-ring (bicyclic) bond motifs is 8. The number of aliphatic hydroxyl groups excluding tert-OH is 1. The number of piperidine rings is 2. The Morgan fingerprint density at radius 2 is 1.87 bits per heavy atom. The van der Waals surface area contributed by atoms with Crippen LogP contribution >= 0.6 is 0 Å². The third-order valence-corrected chi connectivity index (χ3v) is 17.4. The smallest absolute Gasteiger partial charge is 0.341 e. The summed E-state index contributed by atoms with van der Waals surface area (Å²) >= 11 is 0. The average Bonchev–Trinajstić information content (AvgIpc) is 3.58. The van der Waals surface area contributed by atoms with Crippen molar-refractivity contribution in [3.05, 3.63) is 24.0 Å². The molecule has 11 N–H and O–H groups in total. The fourth-order valence-electron chi connectivity index (χ4n) is 14.9. The Bertz CT molecular complexity index is 1760. The largest absolute Gasteiger partial charge is 0.457 e. The Balaban J connectivity index is 0.835. The molecule has 20 unspecified atom stereocenters. The first-order valence-electron chi connectivity index (χ1n) is 23.9. The molecule has 0 aromatic carbocycles. The number of rotatable bonds is 7. The number of Topliss-reactive ketones (excluding diaryl/α,β-unsaturated/α-hetero) is 1. The number of nitrogens with two attached hydrogens (primary N) is 4. The van der Waals surface area contributed by atoms with E-state index in [1.165, 1.54) is 29.0 Å². The molecular weight excluding hydrogens is 763 g/mol. The van der Waals surface area contributed by atoms with E-state index in [1.807, 2.05) is 27.0 Å². The molecule has 10 aliphatic rings. The van der Waals surface area contributed by atoms with E-state index in [1.54, 1.807) is 0 Å². The maximum Gasteiger partial charge on any atom is 0.341 e. The van der Waals surface area contributed by atoms with Gasteiger partial charge in [-0.05, 0) is 90.0 Å². The lowest BCUT2D eigenvalue weighted by molar-refractivity contribution is -0.835.